The third-order valence-corrected chi connectivity index (χ3v) is 4.60. The number of nitrogens with two attached hydrogens (primary N) is 1. The Labute approximate surface area is 137 Å². The van der Waals surface area contributed by atoms with E-state index in [9.17, 15) is 9.18 Å². The smallest absolute Gasteiger partial charge is 0.150 e. The van der Waals surface area contributed by atoms with Gasteiger partial charge >= 0.3 is 0 Å². The summed E-state index contributed by atoms with van der Waals surface area (Å²) in [4.78, 5) is 11.4. The van der Waals surface area contributed by atoms with Gasteiger partial charge in [0, 0.05) is 24.6 Å². The molecule has 4 nitrogen and oxygen atoms in total. The third kappa shape index (κ3) is 5.01. The highest BCUT2D eigenvalue weighted by Gasteiger charge is 2.32. The van der Waals surface area contributed by atoms with Crippen LogP contribution in [0.1, 0.15) is 48.0 Å². The standard InChI is InChI=1S/C18H26FNO3/c1-22-16-5-7-18(20,8-6-16)12-14-3-4-17(11-15(14)13-21)23-10-2-9-19/h3-4,11,13,16H,2,5-10,12,20H2,1H3. The van der Waals surface area contributed by atoms with Gasteiger partial charge in [0.15, 0.2) is 0 Å². The van der Waals surface area contributed by atoms with E-state index in [1.807, 2.05) is 12.1 Å². The van der Waals surface area contributed by atoms with Crippen LogP contribution in [0.5, 0.6) is 5.75 Å². The molecule has 1 saturated carbocycles. The van der Waals surface area contributed by atoms with Crippen molar-refractivity contribution in [2.24, 2.45) is 5.73 Å². The Morgan fingerprint density at radius 3 is 2.74 bits per heavy atom. The Morgan fingerprint density at radius 2 is 2.13 bits per heavy atom. The van der Waals surface area contributed by atoms with Gasteiger partial charge in [-0.15, -0.1) is 0 Å². The molecule has 0 bridgehead atoms. The molecular weight excluding hydrogens is 297 g/mol. The predicted octanol–water partition coefficient (Wildman–Crippen LogP) is 3.07. The van der Waals surface area contributed by atoms with Crippen LogP contribution >= 0.6 is 0 Å². The first kappa shape index (κ1) is 17.9. The molecule has 1 aromatic carbocycles. The van der Waals surface area contributed by atoms with Crippen LogP contribution in [-0.4, -0.2) is 38.3 Å². The highest BCUT2D eigenvalue weighted by molar-refractivity contribution is 5.78. The fraction of sp³-hybridized carbons (Fsp3) is 0.611. The lowest BCUT2D eigenvalue weighted by molar-refractivity contribution is 0.0499. The number of hydrogen-bond donors (Lipinski definition) is 1. The molecule has 128 valence electrons. The molecule has 5 heteroatoms. The van der Waals surface area contributed by atoms with Gasteiger partial charge in [-0.05, 0) is 49.8 Å². The summed E-state index contributed by atoms with van der Waals surface area (Å²) in [6.45, 7) is -0.0931. The number of hydrogen-bond acceptors (Lipinski definition) is 4. The van der Waals surface area contributed by atoms with E-state index in [0.717, 1.165) is 37.5 Å². The lowest BCUT2D eigenvalue weighted by Crippen LogP contribution is -2.46. The molecule has 1 fully saturated rings. The number of carbonyl (C=O) groups excluding carboxylic acids is 1. The summed E-state index contributed by atoms with van der Waals surface area (Å²) in [7, 11) is 1.74. The molecule has 0 atom stereocenters. The first-order valence-electron chi connectivity index (χ1n) is 8.19. The molecule has 1 aliphatic rings. The molecule has 0 amide bonds. The minimum absolute atomic E-state index is 0.288. The van der Waals surface area contributed by atoms with Crippen molar-refractivity contribution >= 4 is 6.29 Å². The molecule has 0 radical (unpaired) electrons. The Morgan fingerprint density at radius 1 is 1.39 bits per heavy atom. The van der Waals surface area contributed by atoms with Crippen molar-refractivity contribution in [1.82, 2.24) is 0 Å². The number of halogens is 1. The fourth-order valence-electron chi connectivity index (χ4n) is 3.14. The lowest BCUT2D eigenvalue weighted by Gasteiger charge is -2.37. The van der Waals surface area contributed by atoms with Crippen molar-refractivity contribution in [3.63, 3.8) is 0 Å². The number of aldehydes is 1. The zero-order chi connectivity index (χ0) is 16.7. The molecule has 0 aromatic heterocycles. The van der Waals surface area contributed by atoms with Gasteiger partial charge in [0.25, 0.3) is 0 Å². The molecule has 0 spiro atoms. The maximum absolute atomic E-state index is 12.1. The van der Waals surface area contributed by atoms with E-state index in [1.165, 1.54) is 0 Å². The van der Waals surface area contributed by atoms with E-state index in [-0.39, 0.29) is 5.54 Å². The van der Waals surface area contributed by atoms with E-state index in [2.05, 4.69) is 0 Å². The van der Waals surface area contributed by atoms with Crippen LogP contribution in [0, 0.1) is 0 Å². The van der Waals surface area contributed by atoms with Gasteiger partial charge in [-0.25, -0.2) is 0 Å². The number of rotatable bonds is 8. The van der Waals surface area contributed by atoms with Crippen LogP contribution in [-0.2, 0) is 11.2 Å². The summed E-state index contributed by atoms with van der Waals surface area (Å²) in [6.07, 6.45) is 5.83. The van der Waals surface area contributed by atoms with Gasteiger partial charge in [-0.2, -0.15) is 0 Å². The van der Waals surface area contributed by atoms with Gasteiger partial charge in [0.05, 0.1) is 19.4 Å². The average Bonchev–Trinajstić information content (AvgIpc) is 2.57. The second-order valence-corrected chi connectivity index (χ2v) is 6.34. The zero-order valence-electron chi connectivity index (χ0n) is 13.7. The average molecular weight is 323 g/mol. The van der Waals surface area contributed by atoms with E-state index < -0.39 is 6.67 Å². The second-order valence-electron chi connectivity index (χ2n) is 6.34. The maximum atomic E-state index is 12.1. The highest BCUT2D eigenvalue weighted by atomic mass is 19.1. The summed E-state index contributed by atoms with van der Waals surface area (Å²) in [5, 5.41) is 0. The Balaban J connectivity index is 2.03. The Hall–Kier alpha value is -1.46. The maximum Gasteiger partial charge on any atom is 0.150 e. The van der Waals surface area contributed by atoms with Crippen LogP contribution in [0.25, 0.3) is 0 Å². The van der Waals surface area contributed by atoms with Gasteiger partial charge < -0.3 is 15.2 Å². The van der Waals surface area contributed by atoms with E-state index >= 15 is 0 Å². The second kappa shape index (κ2) is 8.41. The van der Waals surface area contributed by atoms with Crippen molar-refractivity contribution < 1.29 is 18.7 Å². The summed E-state index contributed by atoms with van der Waals surface area (Å²) < 4.78 is 22.9. The fourth-order valence-corrected chi connectivity index (χ4v) is 3.14. The first-order chi connectivity index (χ1) is 11.1. The molecule has 0 unspecified atom stereocenters. The minimum Gasteiger partial charge on any atom is -0.493 e. The predicted molar refractivity (Wildman–Crippen MR) is 87.8 cm³/mol. The normalized spacial score (nSPS) is 24.4. The van der Waals surface area contributed by atoms with Crippen LogP contribution in [0.15, 0.2) is 18.2 Å². The van der Waals surface area contributed by atoms with E-state index in [1.54, 1.807) is 13.2 Å². The van der Waals surface area contributed by atoms with Gasteiger partial charge in [0.2, 0.25) is 0 Å². The number of ether oxygens (including phenoxy) is 2. The largest absolute Gasteiger partial charge is 0.493 e. The molecule has 2 rings (SSSR count). The topological polar surface area (TPSA) is 61.6 Å². The number of benzene rings is 1. The van der Waals surface area contributed by atoms with Crippen molar-refractivity contribution in [2.45, 2.75) is 50.2 Å². The quantitative estimate of drug-likeness (QED) is 0.590. The highest BCUT2D eigenvalue weighted by Crippen LogP contribution is 2.32. The molecule has 1 aromatic rings. The summed E-state index contributed by atoms with van der Waals surface area (Å²) in [5.41, 5.74) is 7.77. The summed E-state index contributed by atoms with van der Waals surface area (Å²) in [5.74, 6) is 0.596. The minimum atomic E-state index is -0.406. The third-order valence-electron chi connectivity index (χ3n) is 4.60. The molecule has 1 aliphatic carbocycles. The van der Waals surface area contributed by atoms with Crippen molar-refractivity contribution in [2.75, 3.05) is 20.4 Å². The molecular formula is C18H26FNO3. The molecule has 23 heavy (non-hydrogen) atoms. The van der Waals surface area contributed by atoms with E-state index in [4.69, 9.17) is 15.2 Å². The molecule has 0 saturated heterocycles. The van der Waals surface area contributed by atoms with Crippen molar-refractivity contribution in [3.05, 3.63) is 29.3 Å². The van der Waals surface area contributed by atoms with Crippen molar-refractivity contribution in [1.29, 1.82) is 0 Å². The zero-order valence-corrected chi connectivity index (χ0v) is 13.7. The number of alkyl halides is 1. The number of methoxy groups -OCH3 is 1. The van der Waals surface area contributed by atoms with Crippen LogP contribution in [0.3, 0.4) is 0 Å². The van der Waals surface area contributed by atoms with E-state index in [0.29, 0.717) is 36.9 Å². The molecule has 2 N–H and O–H groups in total. The van der Waals surface area contributed by atoms with Crippen molar-refractivity contribution in [3.8, 4) is 5.75 Å². The molecule has 0 heterocycles. The van der Waals surface area contributed by atoms with Gasteiger partial charge in [-0.3, -0.25) is 9.18 Å². The van der Waals surface area contributed by atoms with Crippen LogP contribution in [0.2, 0.25) is 0 Å². The van der Waals surface area contributed by atoms with Crippen LogP contribution < -0.4 is 10.5 Å². The lowest BCUT2D eigenvalue weighted by atomic mass is 9.76. The summed E-state index contributed by atoms with van der Waals surface area (Å²) >= 11 is 0. The Bertz CT molecular complexity index is 513. The SMILES string of the molecule is COC1CCC(N)(Cc2ccc(OCCCF)cc2C=O)CC1. The van der Waals surface area contributed by atoms with Gasteiger partial charge in [0.1, 0.15) is 12.0 Å². The Kier molecular flexibility index (Phi) is 6.54. The first-order valence-corrected chi connectivity index (χ1v) is 8.19. The van der Waals surface area contributed by atoms with Crippen LogP contribution in [0.4, 0.5) is 4.39 Å². The molecule has 0 aliphatic heterocycles. The summed E-state index contributed by atoms with van der Waals surface area (Å²) in [6, 6.07) is 5.43. The monoisotopic (exact) mass is 323 g/mol. The number of carbonyl (C=O) groups is 1. The van der Waals surface area contributed by atoms with Gasteiger partial charge in [-0.1, -0.05) is 6.07 Å².